The number of phenolic OH excluding ortho intramolecular Hbond substituents is 1. The molecule has 342 valence electrons. The third-order valence-electron chi connectivity index (χ3n) is 13.8. The largest absolute Gasteiger partial charge is 0.507 e. The zero-order chi connectivity index (χ0) is 46.9. The Labute approximate surface area is 408 Å². The van der Waals surface area contributed by atoms with Gasteiger partial charge in [0, 0.05) is 44.1 Å². The molecule has 0 saturated carbocycles. The molecular weight excluding hydrogens is 986 g/mol. The topological polar surface area (TPSA) is 50.9 Å². The van der Waals surface area contributed by atoms with E-state index in [4.69, 9.17) is 9.97 Å². The maximum atomic E-state index is 12.6. The molecule has 0 aliphatic carbocycles. The van der Waals surface area contributed by atoms with E-state index in [0.717, 1.165) is 72.5 Å². The van der Waals surface area contributed by atoms with Crippen molar-refractivity contribution in [2.45, 2.75) is 119 Å². The fraction of sp³-hybridized carbons (Fsp3) is 0.311. The van der Waals surface area contributed by atoms with Crippen molar-refractivity contribution >= 4 is 11.0 Å². The molecule has 0 aliphatic rings. The van der Waals surface area contributed by atoms with Gasteiger partial charge in [-0.3, -0.25) is 9.55 Å². The molecule has 0 atom stereocenters. The summed E-state index contributed by atoms with van der Waals surface area (Å²) < 4.78 is 2.29. The quantitative estimate of drug-likeness (QED) is 0.162. The normalized spacial score (nSPS) is 12.6. The van der Waals surface area contributed by atoms with Gasteiger partial charge in [0.05, 0.1) is 22.3 Å². The molecule has 0 fully saturated rings. The molecule has 0 spiro atoms. The van der Waals surface area contributed by atoms with Crippen molar-refractivity contribution in [2.75, 3.05) is 0 Å². The van der Waals surface area contributed by atoms with E-state index >= 15 is 0 Å². The van der Waals surface area contributed by atoms with Crippen LogP contribution in [0.3, 0.4) is 0 Å². The summed E-state index contributed by atoms with van der Waals surface area (Å²) in [6, 6.07) is 51.5. The number of fused-ring (bicyclic) bond motifs is 1. The van der Waals surface area contributed by atoms with Crippen molar-refractivity contribution in [1.29, 1.82) is 0 Å². The zero-order valence-electron chi connectivity index (χ0n) is 41.4. The van der Waals surface area contributed by atoms with Gasteiger partial charge < -0.3 is 5.11 Å². The molecule has 0 radical (unpaired) electrons. The first-order valence-electron chi connectivity index (χ1n) is 23.1. The van der Waals surface area contributed by atoms with Crippen molar-refractivity contribution in [2.24, 2.45) is 5.41 Å². The molecule has 5 heteroatoms. The van der Waals surface area contributed by atoms with E-state index in [1.54, 1.807) is 0 Å². The molecule has 6 aromatic carbocycles. The molecule has 0 bridgehead atoms. The second kappa shape index (κ2) is 17.6. The number of imidazole rings is 1. The van der Waals surface area contributed by atoms with Crippen LogP contribution in [0.25, 0.3) is 72.7 Å². The number of phenols is 1. The van der Waals surface area contributed by atoms with E-state index < -0.39 is 0 Å². The maximum absolute atomic E-state index is 12.6. The van der Waals surface area contributed by atoms with Crippen LogP contribution in [-0.2, 0) is 42.7 Å². The van der Waals surface area contributed by atoms with Gasteiger partial charge in [0.1, 0.15) is 11.6 Å². The van der Waals surface area contributed by atoms with Gasteiger partial charge in [-0.2, -0.15) is 0 Å². The smallest absolute Gasteiger partial charge is 0.148 e. The molecule has 8 rings (SSSR count). The van der Waals surface area contributed by atoms with E-state index in [1.807, 2.05) is 12.3 Å². The van der Waals surface area contributed by atoms with Gasteiger partial charge in [0.25, 0.3) is 0 Å². The summed E-state index contributed by atoms with van der Waals surface area (Å²) in [5.41, 5.74) is 15.3. The van der Waals surface area contributed by atoms with Crippen LogP contribution in [0.15, 0.2) is 140 Å². The second-order valence-electron chi connectivity index (χ2n) is 22.6. The Morgan fingerprint density at radius 2 is 1.09 bits per heavy atom. The van der Waals surface area contributed by atoms with E-state index in [9.17, 15) is 5.11 Å². The predicted octanol–water partition coefficient (Wildman–Crippen LogP) is 16.5. The molecule has 1 N–H and O–H groups in total. The van der Waals surface area contributed by atoms with E-state index in [2.05, 4.69) is 235 Å². The van der Waals surface area contributed by atoms with Crippen LogP contribution in [0, 0.1) is 11.5 Å². The molecule has 4 nitrogen and oxygen atoms in total. The van der Waals surface area contributed by atoms with Gasteiger partial charge in [0.2, 0.25) is 0 Å². The van der Waals surface area contributed by atoms with Crippen molar-refractivity contribution in [3.05, 3.63) is 168 Å². The molecular formula is C61H66N3OPt-. The Morgan fingerprint density at radius 1 is 0.500 bits per heavy atom. The van der Waals surface area contributed by atoms with Crippen molar-refractivity contribution in [3.63, 3.8) is 0 Å². The summed E-state index contributed by atoms with van der Waals surface area (Å²) in [4.78, 5) is 10.6. The van der Waals surface area contributed by atoms with E-state index in [-0.39, 0.29) is 53.9 Å². The number of hydrogen-bond acceptors (Lipinski definition) is 3. The molecule has 8 aromatic rings. The van der Waals surface area contributed by atoms with Crippen LogP contribution in [0.2, 0.25) is 0 Å². The fourth-order valence-electron chi connectivity index (χ4n) is 8.63. The first kappa shape index (κ1) is 48.4. The monoisotopic (exact) mass is 1050 g/mol. The van der Waals surface area contributed by atoms with Crippen LogP contribution < -0.4 is 0 Å². The number of aromatic hydroxyl groups is 1. The summed E-state index contributed by atoms with van der Waals surface area (Å²) in [5.74, 6) is 0.939. The average Bonchev–Trinajstić information content (AvgIpc) is 3.64. The summed E-state index contributed by atoms with van der Waals surface area (Å²) in [6.07, 6.45) is 1.89. The Morgan fingerprint density at radius 3 is 1.70 bits per heavy atom. The Bertz CT molecular complexity index is 3040. The number of rotatable bonds is 7. The van der Waals surface area contributed by atoms with Crippen LogP contribution in [0.5, 0.6) is 5.75 Å². The van der Waals surface area contributed by atoms with Gasteiger partial charge in [-0.05, 0) is 85.2 Å². The van der Waals surface area contributed by atoms with E-state index in [0.29, 0.717) is 11.4 Å². The first-order chi connectivity index (χ1) is 30.4. The average molecular weight is 1050 g/mol. The van der Waals surface area contributed by atoms with Gasteiger partial charge in [-0.25, -0.2) is 4.98 Å². The Hall–Kier alpha value is -5.57. The molecule has 0 amide bonds. The van der Waals surface area contributed by atoms with Gasteiger partial charge >= 0.3 is 0 Å². The van der Waals surface area contributed by atoms with Crippen LogP contribution in [0.4, 0.5) is 0 Å². The number of aromatic nitrogens is 3. The molecule has 2 aromatic heterocycles. The number of para-hydroxylation sites is 1. The van der Waals surface area contributed by atoms with Crippen LogP contribution in [-0.4, -0.2) is 19.6 Å². The summed E-state index contributed by atoms with van der Waals surface area (Å²) in [7, 11) is 0. The number of nitrogens with zero attached hydrogens (tertiary/aromatic N) is 3. The van der Waals surface area contributed by atoms with Gasteiger partial charge in [-0.1, -0.05) is 199 Å². The van der Waals surface area contributed by atoms with Crippen LogP contribution in [0.1, 0.15) is 119 Å². The molecule has 2 heterocycles. The number of hydrogen-bond donors (Lipinski definition) is 1. The van der Waals surface area contributed by atoms with Crippen molar-refractivity contribution in [3.8, 4) is 67.5 Å². The Balaban J connectivity index is 0.00000648. The van der Waals surface area contributed by atoms with E-state index in [1.165, 1.54) is 11.1 Å². The first-order valence-corrected chi connectivity index (χ1v) is 23.1. The molecule has 66 heavy (non-hydrogen) atoms. The number of pyridine rings is 1. The van der Waals surface area contributed by atoms with Crippen molar-refractivity contribution in [1.82, 2.24) is 14.5 Å². The summed E-state index contributed by atoms with van der Waals surface area (Å²) in [5, 5.41) is 12.6. The number of benzene rings is 6. The van der Waals surface area contributed by atoms with Crippen molar-refractivity contribution < 1.29 is 26.2 Å². The minimum atomic E-state index is -0.331. The molecule has 0 saturated heterocycles. The van der Waals surface area contributed by atoms with Crippen LogP contribution >= 0.6 is 0 Å². The minimum Gasteiger partial charge on any atom is -0.507 e. The summed E-state index contributed by atoms with van der Waals surface area (Å²) in [6.45, 7) is 31.6. The SMILES string of the molecule is CC(C)(C)c1cc(-c2cc(-c3ccccc3)ccn2)[c-]c(-c2cccc3c2nc(-c2cc(C(C)(C)C)cc(C(C)(C)C)c2O)n3-c2ccc(C(C)(C)C(C)(C)C)cc2-c2ccccc2)c1.[Pt]. The Kier molecular flexibility index (Phi) is 12.9. The summed E-state index contributed by atoms with van der Waals surface area (Å²) >= 11 is 0. The molecule has 0 aliphatic heterocycles. The third kappa shape index (κ3) is 9.24. The predicted molar refractivity (Wildman–Crippen MR) is 275 cm³/mol. The third-order valence-corrected chi connectivity index (χ3v) is 13.8. The maximum Gasteiger partial charge on any atom is 0.148 e. The zero-order valence-corrected chi connectivity index (χ0v) is 43.7. The second-order valence-corrected chi connectivity index (χ2v) is 22.6. The molecule has 0 unspecified atom stereocenters. The minimum absolute atomic E-state index is 0. The standard InChI is InChI=1S/C61H66N3O.Pt/c1-57(2,3)45-33-42(32-43(34-45)51-35-41(30-31-62-51)39-22-17-15-18-23-39)47-26-21-27-53-54(47)63-56(49-37-46(58(4,5)6)38-50(55(49)65)59(7,8)9)64(53)52-29-28-44(61(13,14)60(10,11)12)36-48(52)40-24-19-16-20-25-40;/h15-31,33-38,65H,1-14H3;/q-1;. The fourth-order valence-corrected chi connectivity index (χ4v) is 8.63. The van der Waals surface area contributed by atoms with Gasteiger partial charge in [-0.15, -0.1) is 29.3 Å². The van der Waals surface area contributed by atoms with Gasteiger partial charge in [0.15, 0.2) is 0 Å².